The van der Waals surface area contributed by atoms with Gasteiger partial charge in [-0.05, 0) is 35.7 Å². The number of nitrogens with one attached hydrogen (secondary N) is 1. The predicted molar refractivity (Wildman–Crippen MR) is 141 cm³/mol. The Balaban J connectivity index is 1.36. The van der Waals surface area contributed by atoms with Gasteiger partial charge >= 0.3 is 0 Å². The van der Waals surface area contributed by atoms with Crippen LogP contribution in [-0.4, -0.2) is 9.97 Å². The van der Waals surface area contributed by atoms with Gasteiger partial charge < -0.3 is 10.1 Å². The van der Waals surface area contributed by atoms with Crippen molar-refractivity contribution in [2.24, 2.45) is 0 Å². The summed E-state index contributed by atoms with van der Waals surface area (Å²) in [4.78, 5) is 10.1. The monoisotopic (exact) mass is 451 g/mol. The maximum Gasteiger partial charge on any atom is 0.196 e. The lowest BCUT2D eigenvalue weighted by atomic mass is 10.00. The molecule has 0 spiro atoms. The predicted octanol–water partition coefficient (Wildman–Crippen LogP) is 7.62. The van der Waals surface area contributed by atoms with Crippen LogP contribution in [0.25, 0.3) is 44.3 Å². The lowest BCUT2D eigenvalue weighted by molar-refractivity contribution is 0.262. The lowest BCUT2D eigenvalue weighted by Crippen LogP contribution is -2.09. The van der Waals surface area contributed by atoms with Gasteiger partial charge in [-0.3, -0.25) is 0 Å². The minimum Gasteiger partial charge on any atom is -0.464 e. The average Bonchev–Trinajstić information content (AvgIpc) is 3.38. The molecule has 35 heavy (non-hydrogen) atoms. The van der Waals surface area contributed by atoms with E-state index in [-0.39, 0.29) is 6.23 Å². The van der Waals surface area contributed by atoms with Crippen LogP contribution in [0.15, 0.2) is 115 Å². The molecule has 0 aliphatic carbocycles. The highest BCUT2D eigenvalue weighted by Crippen LogP contribution is 2.44. The molecule has 0 saturated heterocycles. The molecule has 0 saturated carbocycles. The zero-order chi connectivity index (χ0) is 23.2. The molecular formula is C31H21N3O. The summed E-state index contributed by atoms with van der Waals surface area (Å²) in [5, 5.41) is 5.67. The highest BCUT2D eigenvalue weighted by Gasteiger charge is 2.25. The number of para-hydroxylation sites is 2. The first-order valence-electron chi connectivity index (χ1n) is 11.7. The first kappa shape index (κ1) is 19.7. The van der Waals surface area contributed by atoms with Crippen molar-refractivity contribution in [1.29, 1.82) is 0 Å². The fraction of sp³-hybridized carbons (Fsp3) is 0.0323. The zero-order valence-electron chi connectivity index (χ0n) is 18.8. The number of ether oxygens (including phenoxy) is 1. The highest BCUT2D eigenvalue weighted by atomic mass is 16.5. The van der Waals surface area contributed by atoms with E-state index in [4.69, 9.17) is 14.7 Å². The Morgan fingerprint density at radius 1 is 0.600 bits per heavy atom. The Kier molecular flexibility index (Phi) is 4.49. The second-order valence-corrected chi connectivity index (χ2v) is 8.71. The summed E-state index contributed by atoms with van der Waals surface area (Å²) in [5.41, 5.74) is 7.72. The van der Waals surface area contributed by atoms with Crippen molar-refractivity contribution < 1.29 is 4.74 Å². The molecule has 1 unspecified atom stereocenters. The van der Waals surface area contributed by atoms with Crippen LogP contribution in [0.1, 0.15) is 11.8 Å². The summed E-state index contributed by atoms with van der Waals surface area (Å²) >= 11 is 0. The van der Waals surface area contributed by atoms with Gasteiger partial charge in [0.25, 0.3) is 0 Å². The summed E-state index contributed by atoms with van der Waals surface area (Å²) < 4.78 is 6.36. The molecule has 0 amide bonds. The van der Waals surface area contributed by atoms with E-state index >= 15 is 0 Å². The number of fused-ring (bicyclic) bond motifs is 4. The molecule has 6 aromatic rings. The Morgan fingerprint density at radius 2 is 1.26 bits per heavy atom. The Bertz CT molecular complexity index is 1700. The molecule has 166 valence electrons. The van der Waals surface area contributed by atoms with E-state index in [0.29, 0.717) is 0 Å². The van der Waals surface area contributed by atoms with Crippen LogP contribution in [0.2, 0.25) is 0 Å². The van der Waals surface area contributed by atoms with E-state index < -0.39 is 0 Å². The number of aromatic nitrogens is 2. The molecule has 1 aliphatic rings. The molecule has 0 radical (unpaired) electrons. The van der Waals surface area contributed by atoms with Crippen molar-refractivity contribution in [3.63, 3.8) is 0 Å². The van der Waals surface area contributed by atoms with Crippen molar-refractivity contribution >= 4 is 27.5 Å². The van der Waals surface area contributed by atoms with Gasteiger partial charge in [0.05, 0.1) is 28.1 Å². The Morgan fingerprint density at radius 3 is 2.00 bits per heavy atom. The first-order valence-corrected chi connectivity index (χ1v) is 11.7. The quantitative estimate of drug-likeness (QED) is 0.301. The number of hydrogen-bond donors (Lipinski definition) is 1. The normalized spacial score (nSPS) is 14.5. The number of anilines is 1. The zero-order valence-corrected chi connectivity index (χ0v) is 18.8. The SMILES string of the molecule is c1ccc(-c2nc3ccccc3nc2-c2ccc3c4c(ccc3c2)NC(c2ccccc2)O4)cc1. The summed E-state index contributed by atoms with van der Waals surface area (Å²) in [6.45, 7) is 0. The molecule has 4 nitrogen and oxygen atoms in total. The van der Waals surface area contributed by atoms with Gasteiger partial charge in [-0.25, -0.2) is 9.97 Å². The van der Waals surface area contributed by atoms with Crippen LogP contribution in [0.4, 0.5) is 5.69 Å². The van der Waals surface area contributed by atoms with Crippen LogP contribution in [0.5, 0.6) is 5.75 Å². The van der Waals surface area contributed by atoms with Gasteiger partial charge in [0.1, 0.15) is 0 Å². The Hall–Kier alpha value is -4.70. The van der Waals surface area contributed by atoms with E-state index in [1.54, 1.807) is 0 Å². The van der Waals surface area contributed by atoms with E-state index in [9.17, 15) is 0 Å². The van der Waals surface area contributed by atoms with Crippen LogP contribution >= 0.6 is 0 Å². The second-order valence-electron chi connectivity index (χ2n) is 8.71. The van der Waals surface area contributed by atoms with E-state index in [1.165, 1.54) is 0 Å². The van der Waals surface area contributed by atoms with E-state index in [2.05, 4.69) is 59.9 Å². The first-order chi connectivity index (χ1) is 17.3. The molecule has 5 aromatic carbocycles. The molecule has 4 heteroatoms. The van der Waals surface area contributed by atoms with Crippen LogP contribution < -0.4 is 10.1 Å². The van der Waals surface area contributed by atoms with Gasteiger partial charge in [0.2, 0.25) is 0 Å². The van der Waals surface area contributed by atoms with E-state index in [1.807, 2.05) is 60.7 Å². The minimum absolute atomic E-state index is 0.187. The third-order valence-corrected chi connectivity index (χ3v) is 6.49. The lowest BCUT2D eigenvalue weighted by Gasteiger charge is -2.13. The smallest absolute Gasteiger partial charge is 0.196 e. The molecule has 1 aromatic heterocycles. The van der Waals surface area contributed by atoms with Crippen molar-refractivity contribution in [1.82, 2.24) is 9.97 Å². The maximum absolute atomic E-state index is 6.36. The van der Waals surface area contributed by atoms with Gasteiger partial charge in [-0.15, -0.1) is 0 Å². The van der Waals surface area contributed by atoms with Crippen molar-refractivity contribution in [2.45, 2.75) is 6.23 Å². The third-order valence-electron chi connectivity index (χ3n) is 6.49. The van der Waals surface area contributed by atoms with Crippen molar-refractivity contribution in [3.05, 3.63) is 121 Å². The van der Waals surface area contributed by atoms with Gasteiger partial charge in [0, 0.05) is 22.1 Å². The summed E-state index contributed by atoms with van der Waals surface area (Å²) in [6, 6.07) is 39.2. The van der Waals surface area contributed by atoms with Gasteiger partial charge in [0.15, 0.2) is 12.0 Å². The molecule has 7 rings (SSSR count). The standard InChI is InChI=1S/C31H21N3O/c1-3-9-20(10-4-1)28-29(33-26-14-8-7-13-25(26)32-28)23-15-17-24-22(19-23)16-18-27-30(24)35-31(34-27)21-11-5-2-6-12-21/h1-19,31,34H. The fourth-order valence-corrected chi connectivity index (χ4v) is 4.76. The summed E-state index contributed by atoms with van der Waals surface area (Å²) in [5.74, 6) is 0.885. The average molecular weight is 452 g/mol. The summed E-state index contributed by atoms with van der Waals surface area (Å²) in [7, 11) is 0. The third kappa shape index (κ3) is 3.39. The molecular weight excluding hydrogens is 430 g/mol. The van der Waals surface area contributed by atoms with Gasteiger partial charge in [-0.2, -0.15) is 0 Å². The highest BCUT2D eigenvalue weighted by molar-refractivity contribution is 5.98. The fourth-order valence-electron chi connectivity index (χ4n) is 4.76. The van der Waals surface area contributed by atoms with Crippen LogP contribution in [0.3, 0.4) is 0 Å². The largest absolute Gasteiger partial charge is 0.464 e. The van der Waals surface area contributed by atoms with Crippen molar-refractivity contribution in [3.8, 4) is 28.3 Å². The topological polar surface area (TPSA) is 47.0 Å². The van der Waals surface area contributed by atoms with Crippen LogP contribution in [-0.2, 0) is 0 Å². The number of hydrogen-bond acceptors (Lipinski definition) is 4. The van der Waals surface area contributed by atoms with Gasteiger partial charge in [-0.1, -0.05) is 84.9 Å². The van der Waals surface area contributed by atoms with Crippen LogP contribution in [0, 0.1) is 0 Å². The van der Waals surface area contributed by atoms with E-state index in [0.717, 1.165) is 61.3 Å². The maximum atomic E-state index is 6.36. The molecule has 2 heterocycles. The number of rotatable bonds is 3. The minimum atomic E-state index is -0.187. The molecule has 1 N–H and O–H groups in total. The number of nitrogens with zero attached hydrogens (tertiary/aromatic N) is 2. The molecule has 0 bridgehead atoms. The summed E-state index contributed by atoms with van der Waals surface area (Å²) in [6.07, 6.45) is -0.187. The molecule has 1 atom stereocenters. The molecule has 0 fully saturated rings. The second kappa shape index (κ2) is 7.96. The Labute approximate surface area is 202 Å². The molecule has 1 aliphatic heterocycles. The number of benzene rings is 5. The van der Waals surface area contributed by atoms with Crippen molar-refractivity contribution in [2.75, 3.05) is 5.32 Å².